The first-order valence-electron chi connectivity index (χ1n) is 5.50. The van der Waals surface area contributed by atoms with E-state index in [9.17, 15) is 21.6 Å². The van der Waals surface area contributed by atoms with Gasteiger partial charge in [0, 0.05) is 6.54 Å². The van der Waals surface area contributed by atoms with Gasteiger partial charge >= 0.3 is 29.6 Å². The van der Waals surface area contributed by atoms with Gasteiger partial charge in [-0.25, -0.2) is 0 Å². The van der Waals surface area contributed by atoms with Crippen molar-refractivity contribution in [3.8, 4) is 0 Å². The number of hydrogen-bond donors (Lipinski definition) is 1. The van der Waals surface area contributed by atoms with E-state index in [1.165, 1.54) is 6.92 Å². The van der Waals surface area contributed by atoms with Crippen LogP contribution in [-0.4, -0.2) is 40.8 Å². The van der Waals surface area contributed by atoms with Gasteiger partial charge in [0.1, 0.15) is 0 Å². The number of carbonyl (C=O) groups is 1. The van der Waals surface area contributed by atoms with Crippen molar-refractivity contribution in [3.63, 3.8) is 0 Å². The standard InChI is InChI=1S/C10H19NO6S2.Na.H/c1-5-9(12)11-7-10(3,4)8-19(15,16)17-18(13,14)6-2;;/h5H,1,6-8H2,2-4H3,(H,11,12);;/q;+1;-1. The molecule has 0 aliphatic rings. The van der Waals surface area contributed by atoms with Crippen LogP contribution in [0.25, 0.3) is 0 Å². The fourth-order valence-electron chi connectivity index (χ4n) is 1.16. The fourth-order valence-corrected chi connectivity index (χ4v) is 4.06. The fraction of sp³-hybridized carbons (Fsp3) is 0.700. The number of nitrogens with one attached hydrogen (secondary N) is 1. The molecule has 0 spiro atoms. The number of carbonyl (C=O) groups excluding carboxylic acids is 1. The maximum Gasteiger partial charge on any atom is 1.00 e. The van der Waals surface area contributed by atoms with E-state index >= 15 is 0 Å². The molecule has 1 amide bonds. The molecular weight excluding hydrogens is 317 g/mol. The van der Waals surface area contributed by atoms with Crippen molar-refractivity contribution in [1.82, 2.24) is 5.32 Å². The van der Waals surface area contributed by atoms with Crippen LogP contribution in [0.3, 0.4) is 0 Å². The van der Waals surface area contributed by atoms with Crippen molar-refractivity contribution >= 4 is 26.1 Å². The minimum Gasteiger partial charge on any atom is -1.00 e. The number of amides is 1. The van der Waals surface area contributed by atoms with E-state index in [1.54, 1.807) is 13.8 Å². The maximum atomic E-state index is 11.6. The van der Waals surface area contributed by atoms with Crippen molar-refractivity contribution in [2.24, 2.45) is 5.41 Å². The van der Waals surface area contributed by atoms with Crippen LogP contribution in [0.4, 0.5) is 0 Å². The molecule has 0 bridgehead atoms. The Balaban J connectivity index is -0.00000162. The Morgan fingerprint density at radius 1 is 1.30 bits per heavy atom. The van der Waals surface area contributed by atoms with E-state index in [-0.39, 0.29) is 37.5 Å². The quantitative estimate of drug-likeness (QED) is 0.377. The molecule has 0 fully saturated rings. The minimum absolute atomic E-state index is 0. The zero-order chi connectivity index (χ0) is 15.3. The molecule has 10 heteroatoms. The van der Waals surface area contributed by atoms with Crippen molar-refractivity contribution in [3.05, 3.63) is 12.7 Å². The van der Waals surface area contributed by atoms with Crippen LogP contribution in [0.15, 0.2) is 12.7 Å². The van der Waals surface area contributed by atoms with Crippen LogP contribution in [0.2, 0.25) is 0 Å². The van der Waals surface area contributed by atoms with E-state index in [4.69, 9.17) is 0 Å². The Bertz CT molecular complexity index is 544. The van der Waals surface area contributed by atoms with Crippen LogP contribution >= 0.6 is 0 Å². The van der Waals surface area contributed by atoms with Crippen molar-refractivity contribution in [2.45, 2.75) is 20.8 Å². The van der Waals surface area contributed by atoms with Crippen LogP contribution in [-0.2, 0) is 28.7 Å². The summed E-state index contributed by atoms with van der Waals surface area (Å²) >= 11 is 0. The Morgan fingerprint density at radius 3 is 2.20 bits per heavy atom. The second-order valence-corrected chi connectivity index (χ2v) is 8.34. The molecule has 0 aromatic carbocycles. The third-order valence-corrected chi connectivity index (χ3v) is 5.56. The second-order valence-electron chi connectivity index (χ2n) is 4.70. The smallest absolute Gasteiger partial charge is 1.00 e. The summed E-state index contributed by atoms with van der Waals surface area (Å²) in [6.45, 7) is 7.72. The SMILES string of the molecule is C=CC(=O)NCC(C)(C)CS(=O)(=O)OS(=O)(=O)CC.[H-].[Na+]. The molecule has 0 radical (unpaired) electrons. The number of rotatable bonds is 8. The van der Waals surface area contributed by atoms with Gasteiger partial charge in [0.2, 0.25) is 5.91 Å². The summed E-state index contributed by atoms with van der Waals surface area (Å²) in [5.41, 5.74) is -0.874. The Kier molecular flexibility index (Phi) is 9.50. The first kappa shape index (κ1) is 22.4. The summed E-state index contributed by atoms with van der Waals surface area (Å²) in [5, 5.41) is 2.45. The normalized spacial score (nSPS) is 12.3. The molecule has 20 heavy (non-hydrogen) atoms. The largest absolute Gasteiger partial charge is 1.00 e. The number of hydrogen-bond acceptors (Lipinski definition) is 6. The van der Waals surface area contributed by atoms with Gasteiger partial charge in [-0.2, -0.15) is 16.8 Å². The molecule has 0 aliphatic heterocycles. The predicted octanol–water partition coefficient (Wildman–Crippen LogP) is -2.87. The topological polar surface area (TPSA) is 107 Å². The maximum absolute atomic E-state index is 11.6. The van der Waals surface area contributed by atoms with Crippen LogP contribution in [0, 0.1) is 5.41 Å². The molecule has 0 heterocycles. The molecule has 0 atom stereocenters. The molecule has 0 unspecified atom stereocenters. The molecule has 0 saturated heterocycles. The summed E-state index contributed by atoms with van der Waals surface area (Å²) in [5.74, 6) is -1.40. The van der Waals surface area contributed by atoms with E-state index in [2.05, 4.69) is 15.5 Å². The van der Waals surface area contributed by atoms with Crippen molar-refractivity contribution < 1.29 is 56.2 Å². The molecule has 7 nitrogen and oxygen atoms in total. The van der Waals surface area contributed by atoms with Crippen molar-refractivity contribution in [1.29, 1.82) is 0 Å². The van der Waals surface area contributed by atoms with Gasteiger partial charge in [0.15, 0.2) is 0 Å². The summed E-state index contributed by atoms with van der Waals surface area (Å²) in [4.78, 5) is 11.0. The average molecular weight is 337 g/mol. The van der Waals surface area contributed by atoms with Gasteiger partial charge in [0.25, 0.3) is 20.2 Å². The van der Waals surface area contributed by atoms with Gasteiger partial charge in [0.05, 0.1) is 11.5 Å². The van der Waals surface area contributed by atoms with Crippen LogP contribution in [0.1, 0.15) is 22.2 Å². The third-order valence-electron chi connectivity index (χ3n) is 2.05. The Morgan fingerprint density at radius 2 is 1.80 bits per heavy atom. The first-order chi connectivity index (χ1) is 8.43. The van der Waals surface area contributed by atoms with Gasteiger partial charge in [-0.1, -0.05) is 20.4 Å². The molecular formula is C10H20NNaO6S2. The average Bonchev–Trinajstić information content (AvgIpc) is 2.23. The second kappa shape index (κ2) is 8.50. The molecule has 0 saturated carbocycles. The Labute approximate surface area is 144 Å². The summed E-state index contributed by atoms with van der Waals surface area (Å²) in [7, 11) is -8.31. The summed E-state index contributed by atoms with van der Waals surface area (Å²) in [6, 6.07) is 0. The zero-order valence-electron chi connectivity index (χ0n) is 13.2. The minimum atomic E-state index is -4.23. The summed E-state index contributed by atoms with van der Waals surface area (Å²) in [6.07, 6.45) is 1.06. The monoisotopic (exact) mass is 337 g/mol. The van der Waals surface area contributed by atoms with Gasteiger partial charge < -0.3 is 6.74 Å². The Hall–Kier alpha value is 0.0700. The van der Waals surface area contributed by atoms with E-state index < -0.39 is 43.1 Å². The van der Waals surface area contributed by atoms with Gasteiger partial charge in [-0.3, -0.25) is 4.79 Å². The molecule has 114 valence electrons. The van der Waals surface area contributed by atoms with E-state index in [0.29, 0.717) is 0 Å². The molecule has 0 aromatic rings. The third kappa shape index (κ3) is 9.89. The van der Waals surface area contributed by atoms with Gasteiger partial charge in [-0.15, -0.1) is 3.63 Å². The van der Waals surface area contributed by atoms with E-state index in [1.807, 2.05) is 0 Å². The molecule has 0 rings (SSSR count). The van der Waals surface area contributed by atoms with Crippen LogP contribution < -0.4 is 34.9 Å². The summed E-state index contributed by atoms with van der Waals surface area (Å²) < 4.78 is 49.6. The first-order valence-corrected chi connectivity index (χ1v) is 8.65. The zero-order valence-corrected chi connectivity index (χ0v) is 15.8. The van der Waals surface area contributed by atoms with Crippen molar-refractivity contribution in [2.75, 3.05) is 18.1 Å². The molecule has 0 aromatic heterocycles. The molecule has 1 N–H and O–H groups in total. The van der Waals surface area contributed by atoms with E-state index in [0.717, 1.165) is 6.08 Å². The predicted molar refractivity (Wildman–Crippen MR) is 72.4 cm³/mol. The van der Waals surface area contributed by atoms with Crippen LogP contribution in [0.5, 0.6) is 0 Å². The van der Waals surface area contributed by atoms with Gasteiger partial charge in [-0.05, 0) is 18.4 Å². The molecule has 0 aliphatic carbocycles.